The number of carbonyl (C=O) groups excluding carboxylic acids is 1. The summed E-state index contributed by atoms with van der Waals surface area (Å²) >= 11 is 0. The molecule has 120 valence electrons. The van der Waals surface area contributed by atoms with E-state index >= 15 is 0 Å². The summed E-state index contributed by atoms with van der Waals surface area (Å²) in [4.78, 5) is 16.2. The summed E-state index contributed by atoms with van der Waals surface area (Å²) in [5, 5.41) is 5.88. The topological polar surface area (TPSA) is 63.2 Å². The number of benzene rings is 1. The molecule has 6 heteroatoms. The molecule has 1 aliphatic heterocycles. The van der Waals surface area contributed by atoms with Crippen LogP contribution >= 0.6 is 0 Å². The Bertz CT molecular complexity index is 690. The van der Waals surface area contributed by atoms with Gasteiger partial charge >= 0.3 is 0 Å². The van der Waals surface area contributed by atoms with Crippen molar-refractivity contribution < 1.29 is 13.9 Å². The van der Waals surface area contributed by atoms with Crippen molar-refractivity contribution >= 4 is 11.6 Å². The molecule has 5 nitrogen and oxygen atoms in total. The predicted octanol–water partition coefficient (Wildman–Crippen LogP) is 2.19. The highest BCUT2D eigenvalue weighted by atomic mass is 19.1. The van der Waals surface area contributed by atoms with E-state index in [-0.39, 0.29) is 11.9 Å². The highest BCUT2D eigenvalue weighted by Crippen LogP contribution is 2.17. The van der Waals surface area contributed by atoms with E-state index < -0.39 is 6.17 Å². The number of amides is 1. The second-order valence-corrected chi connectivity index (χ2v) is 5.47. The fraction of sp³-hybridized carbons (Fsp3) is 0.294. The summed E-state index contributed by atoms with van der Waals surface area (Å²) in [5.41, 5.74) is 2.20. The number of aromatic nitrogens is 1. The van der Waals surface area contributed by atoms with Gasteiger partial charge in [0.25, 0.3) is 5.91 Å². The standard InChI is InChI=1S/C17H18FN3O2/c1-23-16-9-12(6-7-19-16)17(22)21-13-4-2-11(3-5-13)8-15-14(18)10-20-15/h2-7,9,14-15,20H,8,10H2,1H3,(H,21,22). The van der Waals surface area contributed by atoms with Crippen LogP contribution in [0, 0.1) is 0 Å². The van der Waals surface area contributed by atoms with E-state index in [4.69, 9.17) is 4.74 Å². The van der Waals surface area contributed by atoms with E-state index in [0.717, 1.165) is 5.56 Å². The maximum Gasteiger partial charge on any atom is 0.255 e. The number of alkyl halides is 1. The summed E-state index contributed by atoms with van der Waals surface area (Å²) in [6.07, 6.45) is 1.41. The van der Waals surface area contributed by atoms with Crippen LogP contribution in [0.3, 0.4) is 0 Å². The molecule has 2 atom stereocenters. The first-order valence-corrected chi connectivity index (χ1v) is 7.43. The SMILES string of the molecule is COc1cc(C(=O)Nc2ccc(CC3NCC3F)cc2)ccn1. The Kier molecular flexibility index (Phi) is 4.52. The molecule has 0 aliphatic carbocycles. The van der Waals surface area contributed by atoms with E-state index in [9.17, 15) is 9.18 Å². The van der Waals surface area contributed by atoms with Gasteiger partial charge in [0.1, 0.15) is 6.17 Å². The number of hydrogen-bond acceptors (Lipinski definition) is 4. The maximum atomic E-state index is 13.2. The van der Waals surface area contributed by atoms with E-state index in [1.165, 1.54) is 13.3 Å². The van der Waals surface area contributed by atoms with Crippen molar-refractivity contribution in [3.05, 3.63) is 53.7 Å². The van der Waals surface area contributed by atoms with E-state index in [1.54, 1.807) is 12.1 Å². The van der Waals surface area contributed by atoms with Crippen LogP contribution in [-0.4, -0.2) is 36.8 Å². The van der Waals surface area contributed by atoms with Gasteiger partial charge in [0.15, 0.2) is 0 Å². The summed E-state index contributed by atoms with van der Waals surface area (Å²) < 4.78 is 18.2. The number of halogens is 1. The van der Waals surface area contributed by atoms with Gasteiger partial charge in [-0.2, -0.15) is 0 Å². The highest BCUT2D eigenvalue weighted by molar-refractivity contribution is 6.04. The third-order valence-electron chi connectivity index (χ3n) is 3.89. The minimum atomic E-state index is -0.768. The second-order valence-electron chi connectivity index (χ2n) is 5.47. The molecule has 0 bridgehead atoms. The average Bonchev–Trinajstić information content (AvgIpc) is 2.59. The number of rotatable bonds is 5. The molecular weight excluding hydrogens is 297 g/mol. The number of nitrogens with zero attached hydrogens (tertiary/aromatic N) is 1. The van der Waals surface area contributed by atoms with Gasteiger partial charge in [-0.1, -0.05) is 12.1 Å². The number of carbonyl (C=O) groups is 1. The molecule has 1 fully saturated rings. The highest BCUT2D eigenvalue weighted by Gasteiger charge is 2.29. The quantitative estimate of drug-likeness (QED) is 0.888. The van der Waals surface area contributed by atoms with Crippen molar-refractivity contribution in [3.8, 4) is 5.88 Å². The third-order valence-corrected chi connectivity index (χ3v) is 3.89. The first-order valence-electron chi connectivity index (χ1n) is 7.43. The van der Waals surface area contributed by atoms with E-state index in [2.05, 4.69) is 15.6 Å². The van der Waals surface area contributed by atoms with Crippen LogP contribution in [-0.2, 0) is 6.42 Å². The molecule has 23 heavy (non-hydrogen) atoms. The van der Waals surface area contributed by atoms with Crippen molar-refractivity contribution in [2.45, 2.75) is 18.6 Å². The zero-order chi connectivity index (χ0) is 16.2. The van der Waals surface area contributed by atoms with Crippen LogP contribution in [0.15, 0.2) is 42.6 Å². The minimum Gasteiger partial charge on any atom is -0.481 e. The third kappa shape index (κ3) is 3.65. The van der Waals surface area contributed by atoms with Gasteiger partial charge in [0, 0.05) is 36.1 Å². The molecular formula is C17H18FN3O2. The second kappa shape index (κ2) is 6.75. The number of nitrogens with one attached hydrogen (secondary N) is 2. The smallest absolute Gasteiger partial charge is 0.255 e. The molecule has 1 amide bonds. The molecule has 2 N–H and O–H groups in total. The lowest BCUT2D eigenvalue weighted by Gasteiger charge is -2.32. The van der Waals surface area contributed by atoms with Gasteiger partial charge < -0.3 is 15.4 Å². The monoisotopic (exact) mass is 315 g/mol. The molecule has 1 saturated heterocycles. The number of pyridine rings is 1. The molecule has 0 saturated carbocycles. The normalized spacial score (nSPS) is 19.7. The van der Waals surface area contributed by atoms with Gasteiger partial charge in [-0.25, -0.2) is 9.37 Å². The number of anilines is 1. The molecule has 0 spiro atoms. The van der Waals surface area contributed by atoms with Gasteiger partial charge in [-0.15, -0.1) is 0 Å². The minimum absolute atomic E-state index is 0.0975. The summed E-state index contributed by atoms with van der Waals surface area (Å²) in [7, 11) is 1.50. The fourth-order valence-electron chi connectivity index (χ4n) is 2.42. The molecule has 1 aromatic heterocycles. The largest absolute Gasteiger partial charge is 0.481 e. The number of methoxy groups -OCH3 is 1. The Hall–Kier alpha value is -2.47. The summed E-state index contributed by atoms with van der Waals surface area (Å²) in [6, 6.07) is 10.5. The van der Waals surface area contributed by atoms with Crippen molar-refractivity contribution in [1.82, 2.24) is 10.3 Å². The molecule has 1 aromatic carbocycles. The Morgan fingerprint density at radius 1 is 1.39 bits per heavy atom. The molecule has 2 heterocycles. The molecule has 1 aliphatic rings. The maximum absolute atomic E-state index is 13.2. The van der Waals surface area contributed by atoms with Crippen molar-refractivity contribution in [3.63, 3.8) is 0 Å². The van der Waals surface area contributed by atoms with Crippen LogP contribution < -0.4 is 15.4 Å². The predicted molar refractivity (Wildman–Crippen MR) is 85.6 cm³/mol. The lowest BCUT2D eigenvalue weighted by molar-refractivity contribution is 0.102. The lowest BCUT2D eigenvalue weighted by atomic mass is 9.96. The Labute approximate surface area is 133 Å². The Morgan fingerprint density at radius 3 is 2.78 bits per heavy atom. The summed E-state index contributed by atoms with van der Waals surface area (Å²) in [5.74, 6) is 0.157. The number of hydrogen-bond donors (Lipinski definition) is 2. The van der Waals surface area contributed by atoms with Gasteiger partial charge in [0.05, 0.1) is 7.11 Å². The summed E-state index contributed by atoms with van der Waals surface area (Å²) in [6.45, 7) is 0.439. The van der Waals surface area contributed by atoms with Gasteiger partial charge in [-0.05, 0) is 30.2 Å². The lowest BCUT2D eigenvalue weighted by Crippen LogP contribution is -2.55. The van der Waals surface area contributed by atoms with Crippen molar-refractivity contribution in [2.75, 3.05) is 19.0 Å². The zero-order valence-corrected chi connectivity index (χ0v) is 12.8. The van der Waals surface area contributed by atoms with Crippen molar-refractivity contribution in [2.24, 2.45) is 0 Å². The van der Waals surface area contributed by atoms with Gasteiger partial charge in [0.2, 0.25) is 5.88 Å². The number of ether oxygens (including phenoxy) is 1. The molecule has 2 aromatic rings. The molecule has 3 rings (SSSR count). The zero-order valence-electron chi connectivity index (χ0n) is 12.8. The van der Waals surface area contributed by atoms with Crippen LogP contribution in [0.2, 0.25) is 0 Å². The first kappa shape index (κ1) is 15.4. The van der Waals surface area contributed by atoms with Crippen LogP contribution in [0.25, 0.3) is 0 Å². The Balaban J connectivity index is 1.62. The van der Waals surface area contributed by atoms with Crippen LogP contribution in [0.5, 0.6) is 5.88 Å². The van der Waals surface area contributed by atoms with Crippen molar-refractivity contribution in [1.29, 1.82) is 0 Å². The van der Waals surface area contributed by atoms with E-state index in [1.807, 2.05) is 24.3 Å². The van der Waals surface area contributed by atoms with Gasteiger partial charge in [-0.3, -0.25) is 4.79 Å². The molecule has 2 unspecified atom stereocenters. The van der Waals surface area contributed by atoms with Crippen LogP contribution in [0.1, 0.15) is 15.9 Å². The van der Waals surface area contributed by atoms with Crippen LogP contribution in [0.4, 0.5) is 10.1 Å². The first-order chi connectivity index (χ1) is 11.2. The fourth-order valence-corrected chi connectivity index (χ4v) is 2.42. The van der Waals surface area contributed by atoms with E-state index in [0.29, 0.717) is 30.1 Å². The molecule has 0 radical (unpaired) electrons. The Morgan fingerprint density at radius 2 is 2.17 bits per heavy atom. The average molecular weight is 315 g/mol.